The number of amides is 3. The smallest absolute Gasteiger partial charge is 0.349 e. The fraction of sp³-hybridized carbons (Fsp3) is 0.500. The highest BCUT2D eigenvalue weighted by Gasteiger charge is 2.27. The van der Waals surface area contributed by atoms with Crippen molar-refractivity contribution in [3.8, 4) is 6.07 Å². The molecule has 1 fully saturated rings. The van der Waals surface area contributed by atoms with E-state index in [1.807, 2.05) is 26.0 Å². The maximum absolute atomic E-state index is 12.2. The molecule has 8 heteroatoms. The minimum absolute atomic E-state index is 0.192. The zero-order valence-corrected chi connectivity index (χ0v) is 16.7. The number of hydrogen-bond acceptors (Lipinski definition) is 5. The maximum Gasteiger partial charge on any atom is 0.349 e. The summed E-state index contributed by atoms with van der Waals surface area (Å²) in [7, 11) is 0. The first-order chi connectivity index (χ1) is 13.2. The van der Waals surface area contributed by atoms with Crippen LogP contribution in [0.3, 0.4) is 0 Å². The van der Waals surface area contributed by atoms with Crippen LogP contribution >= 0.6 is 0 Å². The Morgan fingerprint density at radius 2 is 2.11 bits per heavy atom. The second kappa shape index (κ2) is 9.22. The van der Waals surface area contributed by atoms with E-state index in [9.17, 15) is 19.6 Å². The molecule has 1 aromatic rings. The van der Waals surface area contributed by atoms with Gasteiger partial charge in [-0.1, -0.05) is 13.8 Å². The predicted octanol–water partition coefficient (Wildman–Crippen LogP) is 2.15. The number of aromatic nitrogens is 1. The molecule has 1 aliphatic heterocycles. The molecule has 0 aromatic carbocycles. The van der Waals surface area contributed by atoms with Crippen molar-refractivity contribution in [1.29, 1.82) is 5.26 Å². The van der Waals surface area contributed by atoms with Gasteiger partial charge in [0.15, 0.2) is 6.61 Å². The largest absolute Gasteiger partial charge is 0.451 e. The van der Waals surface area contributed by atoms with E-state index in [4.69, 9.17) is 4.74 Å². The van der Waals surface area contributed by atoms with Gasteiger partial charge in [0.25, 0.3) is 5.91 Å². The average molecular weight is 386 g/mol. The molecule has 0 unspecified atom stereocenters. The molecule has 1 N–H and O–H groups in total. The number of ether oxygens (including phenoxy) is 1. The van der Waals surface area contributed by atoms with E-state index in [-0.39, 0.29) is 12.1 Å². The number of rotatable bonds is 7. The third-order valence-corrected chi connectivity index (χ3v) is 4.67. The number of aryl methyl sites for hydroxylation is 1. The lowest BCUT2D eigenvalue weighted by Crippen LogP contribution is -2.37. The van der Waals surface area contributed by atoms with Gasteiger partial charge in [0.05, 0.1) is 0 Å². The van der Waals surface area contributed by atoms with Crippen molar-refractivity contribution in [1.82, 2.24) is 14.8 Å². The molecular weight excluding hydrogens is 360 g/mol. The lowest BCUT2D eigenvalue weighted by atomic mass is 10.1. The lowest BCUT2D eigenvalue weighted by Gasteiger charge is -2.12. The van der Waals surface area contributed by atoms with Crippen LogP contribution in [-0.4, -0.2) is 47.1 Å². The first kappa shape index (κ1) is 21.2. The van der Waals surface area contributed by atoms with Crippen molar-refractivity contribution >= 4 is 24.0 Å². The quantitative estimate of drug-likeness (QED) is 0.439. The van der Waals surface area contributed by atoms with Gasteiger partial charge in [-0.25, -0.2) is 9.59 Å². The standard InChI is InChI=1S/C20H26N4O4/c1-13(2)5-7-23-14(3)9-16(15(23)4)10-17(11-21)19(26)28-12-18(25)24-8-6-22-20(24)27/h9-10,13H,5-8,12H2,1-4H3,(H,22,27)/b17-10+. The van der Waals surface area contributed by atoms with Crippen molar-refractivity contribution < 1.29 is 19.1 Å². The molecule has 3 amide bonds. The summed E-state index contributed by atoms with van der Waals surface area (Å²) in [6.07, 6.45) is 2.50. The first-order valence-corrected chi connectivity index (χ1v) is 9.28. The number of imide groups is 1. The van der Waals surface area contributed by atoms with Crippen molar-refractivity contribution in [3.63, 3.8) is 0 Å². The third kappa shape index (κ3) is 5.00. The van der Waals surface area contributed by atoms with Gasteiger partial charge in [0.1, 0.15) is 11.6 Å². The van der Waals surface area contributed by atoms with E-state index in [0.29, 0.717) is 12.5 Å². The Bertz CT molecular complexity index is 845. The Labute approximate surface area is 164 Å². The van der Waals surface area contributed by atoms with Gasteiger partial charge in [-0.05, 0) is 43.9 Å². The Morgan fingerprint density at radius 3 is 2.68 bits per heavy atom. The van der Waals surface area contributed by atoms with E-state index in [1.54, 1.807) is 0 Å². The van der Waals surface area contributed by atoms with Crippen LogP contribution in [0.15, 0.2) is 11.6 Å². The Kier molecular flexibility index (Phi) is 6.99. The van der Waals surface area contributed by atoms with Crippen LogP contribution in [0.5, 0.6) is 0 Å². The Balaban J connectivity index is 2.07. The van der Waals surface area contributed by atoms with Crippen LogP contribution in [0.25, 0.3) is 6.08 Å². The molecule has 150 valence electrons. The second-order valence-corrected chi connectivity index (χ2v) is 7.18. The van der Waals surface area contributed by atoms with Gasteiger partial charge in [-0.15, -0.1) is 0 Å². The number of carbonyl (C=O) groups is 3. The highest BCUT2D eigenvalue weighted by Crippen LogP contribution is 2.20. The van der Waals surface area contributed by atoms with Crippen LogP contribution in [0, 0.1) is 31.1 Å². The third-order valence-electron chi connectivity index (χ3n) is 4.67. The average Bonchev–Trinajstić information content (AvgIpc) is 3.18. The van der Waals surface area contributed by atoms with Crippen molar-refractivity contribution in [2.45, 2.75) is 40.7 Å². The summed E-state index contributed by atoms with van der Waals surface area (Å²) < 4.78 is 7.09. The molecule has 1 aromatic heterocycles. The highest BCUT2D eigenvalue weighted by molar-refractivity contribution is 6.01. The summed E-state index contributed by atoms with van der Waals surface area (Å²) >= 11 is 0. The minimum Gasteiger partial charge on any atom is -0.451 e. The molecular formula is C20H26N4O4. The van der Waals surface area contributed by atoms with Crippen molar-refractivity contribution in [2.24, 2.45) is 5.92 Å². The van der Waals surface area contributed by atoms with Gasteiger partial charge >= 0.3 is 12.0 Å². The molecule has 0 spiro atoms. The van der Waals surface area contributed by atoms with E-state index in [1.165, 1.54) is 6.08 Å². The minimum atomic E-state index is -0.887. The molecule has 2 heterocycles. The number of hydrogen-bond donors (Lipinski definition) is 1. The normalized spacial score (nSPS) is 14.2. The van der Waals surface area contributed by atoms with Crippen molar-refractivity contribution in [2.75, 3.05) is 19.7 Å². The Hall–Kier alpha value is -3.08. The van der Waals surface area contributed by atoms with Gasteiger partial charge in [-0.3, -0.25) is 9.69 Å². The number of nitrogens with zero attached hydrogens (tertiary/aromatic N) is 3. The molecule has 8 nitrogen and oxygen atoms in total. The topological polar surface area (TPSA) is 104 Å². The van der Waals surface area contributed by atoms with Crippen LogP contribution in [0.4, 0.5) is 4.79 Å². The summed E-state index contributed by atoms with van der Waals surface area (Å²) in [6, 6.07) is 3.24. The molecule has 0 aliphatic carbocycles. The highest BCUT2D eigenvalue weighted by atomic mass is 16.5. The number of nitriles is 1. The van der Waals surface area contributed by atoms with Crippen LogP contribution in [-0.2, 0) is 20.9 Å². The number of urea groups is 1. The fourth-order valence-electron chi connectivity index (χ4n) is 2.99. The van der Waals surface area contributed by atoms with E-state index in [2.05, 4.69) is 23.7 Å². The SMILES string of the molecule is Cc1cc(/C=C(\C#N)C(=O)OCC(=O)N2CCNC2=O)c(C)n1CCC(C)C. The second-order valence-electron chi connectivity index (χ2n) is 7.18. The zero-order chi connectivity index (χ0) is 20.8. The monoisotopic (exact) mass is 386 g/mol. The molecule has 28 heavy (non-hydrogen) atoms. The molecule has 0 atom stereocenters. The molecule has 0 bridgehead atoms. The van der Waals surface area contributed by atoms with Crippen molar-refractivity contribution in [3.05, 3.63) is 28.6 Å². The lowest BCUT2D eigenvalue weighted by molar-refractivity contribution is -0.146. The molecule has 0 radical (unpaired) electrons. The number of esters is 1. The van der Waals surface area contributed by atoms with E-state index < -0.39 is 24.5 Å². The zero-order valence-electron chi connectivity index (χ0n) is 16.7. The van der Waals surface area contributed by atoms with E-state index in [0.717, 1.165) is 34.8 Å². The summed E-state index contributed by atoms with van der Waals surface area (Å²) in [6.45, 7) is 9.12. The predicted molar refractivity (Wildman–Crippen MR) is 103 cm³/mol. The van der Waals surface area contributed by atoms with Gasteiger partial charge in [-0.2, -0.15) is 5.26 Å². The van der Waals surface area contributed by atoms with Gasteiger partial charge < -0.3 is 14.6 Å². The Morgan fingerprint density at radius 1 is 1.39 bits per heavy atom. The number of nitrogens with one attached hydrogen (secondary N) is 1. The maximum atomic E-state index is 12.2. The summed E-state index contributed by atoms with van der Waals surface area (Å²) in [5, 5.41) is 11.8. The van der Waals surface area contributed by atoms with Gasteiger partial charge in [0.2, 0.25) is 0 Å². The molecule has 0 saturated carbocycles. The first-order valence-electron chi connectivity index (χ1n) is 9.28. The van der Waals surface area contributed by atoms with Gasteiger partial charge in [0, 0.05) is 31.0 Å². The summed E-state index contributed by atoms with van der Waals surface area (Å²) in [4.78, 5) is 36.6. The number of carbonyl (C=O) groups excluding carboxylic acids is 3. The summed E-state index contributed by atoms with van der Waals surface area (Å²) in [5.41, 5.74) is 2.58. The van der Waals surface area contributed by atoms with E-state index >= 15 is 0 Å². The fourth-order valence-corrected chi connectivity index (χ4v) is 2.99. The van der Waals surface area contributed by atoms with Crippen LogP contribution in [0.2, 0.25) is 0 Å². The summed E-state index contributed by atoms with van der Waals surface area (Å²) in [5.74, 6) is -0.935. The molecule has 2 rings (SSSR count). The van der Waals surface area contributed by atoms with Crippen LogP contribution in [0.1, 0.15) is 37.2 Å². The molecule has 1 aliphatic rings. The van der Waals surface area contributed by atoms with Crippen LogP contribution < -0.4 is 5.32 Å². The molecule has 1 saturated heterocycles.